The summed E-state index contributed by atoms with van der Waals surface area (Å²) in [5.41, 5.74) is -1.48. The van der Waals surface area contributed by atoms with Crippen LogP contribution in [-0.2, 0) is 16.0 Å². The lowest BCUT2D eigenvalue weighted by Gasteiger charge is -2.49. The molecule has 2 heterocycles. The topological polar surface area (TPSA) is 49.4 Å². The molecule has 1 aromatic heterocycles. The molecule has 1 saturated carbocycles. The molecule has 0 spiro atoms. The molecule has 1 saturated heterocycles. The molecule has 1 N–H and O–H groups in total. The van der Waals surface area contributed by atoms with Crippen LogP contribution < -0.4 is 5.32 Å². The fourth-order valence-electron chi connectivity index (χ4n) is 3.20. The van der Waals surface area contributed by atoms with Gasteiger partial charge in [0.1, 0.15) is 11.1 Å². The highest BCUT2D eigenvalue weighted by Crippen LogP contribution is 2.45. The Morgan fingerprint density at radius 1 is 1.33 bits per heavy atom. The van der Waals surface area contributed by atoms with E-state index in [1.807, 2.05) is 23.3 Å². The van der Waals surface area contributed by atoms with Crippen molar-refractivity contribution in [3.63, 3.8) is 0 Å². The van der Waals surface area contributed by atoms with E-state index >= 15 is 0 Å². The summed E-state index contributed by atoms with van der Waals surface area (Å²) in [7, 11) is 0. The van der Waals surface area contributed by atoms with Crippen LogP contribution in [0.1, 0.15) is 38.5 Å². The van der Waals surface area contributed by atoms with Crippen molar-refractivity contribution in [3.05, 3.63) is 22.4 Å². The van der Waals surface area contributed by atoms with Crippen LogP contribution in [0.3, 0.4) is 0 Å². The van der Waals surface area contributed by atoms with Crippen LogP contribution in [0.5, 0.6) is 0 Å². The summed E-state index contributed by atoms with van der Waals surface area (Å²) >= 11 is 1.70. The summed E-state index contributed by atoms with van der Waals surface area (Å²) < 4.78 is 0. The van der Waals surface area contributed by atoms with Gasteiger partial charge in [-0.05, 0) is 57.4 Å². The molecule has 2 fully saturated rings. The van der Waals surface area contributed by atoms with Gasteiger partial charge in [0.05, 0.1) is 0 Å². The van der Waals surface area contributed by atoms with Gasteiger partial charge < -0.3 is 10.2 Å². The standard InChI is InChI=1S/C16H22N2O2S/c1-15(2)14(20)18(9-8-12-5-4-10-21-12)16(3,11-6-7-11)13(19)17-15/h4-5,10-11H,6-9H2,1-3H3,(H,17,19). The number of carbonyl (C=O) groups excluding carboxylic acids is 2. The molecule has 21 heavy (non-hydrogen) atoms. The number of amides is 2. The van der Waals surface area contributed by atoms with Crippen LogP contribution in [0.2, 0.25) is 0 Å². The van der Waals surface area contributed by atoms with Crippen LogP contribution in [0.15, 0.2) is 17.5 Å². The fourth-order valence-corrected chi connectivity index (χ4v) is 3.89. The SMILES string of the molecule is CC1(C)NC(=O)C(C)(C2CC2)N(CCc2cccs2)C1=O. The van der Waals surface area contributed by atoms with Crippen LogP contribution in [-0.4, -0.2) is 34.3 Å². The van der Waals surface area contributed by atoms with Gasteiger partial charge in [-0.15, -0.1) is 11.3 Å². The number of thiophene rings is 1. The van der Waals surface area contributed by atoms with E-state index in [0.717, 1.165) is 19.3 Å². The average Bonchev–Trinajstić information content (AvgIpc) is 3.15. The Balaban J connectivity index is 1.86. The van der Waals surface area contributed by atoms with E-state index in [1.54, 1.807) is 25.2 Å². The maximum absolute atomic E-state index is 12.8. The summed E-state index contributed by atoms with van der Waals surface area (Å²) in [5.74, 6) is 0.342. The summed E-state index contributed by atoms with van der Waals surface area (Å²) in [5, 5.41) is 4.96. The second-order valence-electron chi connectivity index (χ2n) is 6.79. The summed E-state index contributed by atoms with van der Waals surface area (Å²) in [6.07, 6.45) is 2.88. The molecule has 0 radical (unpaired) electrons. The van der Waals surface area contributed by atoms with Gasteiger partial charge in [0.2, 0.25) is 11.8 Å². The Morgan fingerprint density at radius 2 is 2.05 bits per heavy atom. The maximum atomic E-state index is 12.8. The molecule has 4 nitrogen and oxygen atoms in total. The first-order chi connectivity index (χ1) is 9.85. The molecule has 3 rings (SSSR count). The zero-order valence-electron chi connectivity index (χ0n) is 12.8. The third-order valence-corrected chi connectivity index (χ3v) is 5.70. The van der Waals surface area contributed by atoms with Gasteiger partial charge >= 0.3 is 0 Å². The van der Waals surface area contributed by atoms with E-state index in [-0.39, 0.29) is 11.8 Å². The monoisotopic (exact) mass is 306 g/mol. The van der Waals surface area contributed by atoms with Crippen LogP contribution in [0, 0.1) is 5.92 Å². The first kappa shape index (κ1) is 14.6. The lowest BCUT2D eigenvalue weighted by molar-refractivity contribution is -0.162. The Hall–Kier alpha value is -1.36. The van der Waals surface area contributed by atoms with Crippen molar-refractivity contribution in [2.75, 3.05) is 6.54 Å². The average molecular weight is 306 g/mol. The minimum atomic E-state index is -0.805. The molecule has 2 aliphatic rings. The molecule has 1 unspecified atom stereocenters. The van der Waals surface area contributed by atoms with Crippen molar-refractivity contribution in [3.8, 4) is 0 Å². The molecule has 5 heteroatoms. The summed E-state index contributed by atoms with van der Waals surface area (Å²) in [6, 6.07) is 4.10. The molecule has 1 atom stereocenters. The minimum absolute atomic E-state index is 0.000722. The van der Waals surface area contributed by atoms with E-state index in [9.17, 15) is 9.59 Å². The smallest absolute Gasteiger partial charge is 0.248 e. The number of nitrogens with zero attached hydrogens (tertiary/aromatic N) is 1. The third kappa shape index (κ3) is 2.37. The Morgan fingerprint density at radius 3 is 2.62 bits per heavy atom. The lowest BCUT2D eigenvalue weighted by atomic mass is 9.84. The van der Waals surface area contributed by atoms with Gasteiger partial charge in [-0.1, -0.05) is 6.07 Å². The zero-order chi connectivity index (χ0) is 15.3. The van der Waals surface area contributed by atoms with Crippen molar-refractivity contribution in [2.45, 2.75) is 51.1 Å². The summed E-state index contributed by atoms with van der Waals surface area (Å²) in [6.45, 7) is 6.13. The van der Waals surface area contributed by atoms with Crippen molar-refractivity contribution >= 4 is 23.2 Å². The first-order valence-corrected chi connectivity index (χ1v) is 8.41. The highest BCUT2D eigenvalue weighted by Gasteiger charge is 2.58. The minimum Gasteiger partial charge on any atom is -0.340 e. The van der Waals surface area contributed by atoms with Gasteiger partial charge in [-0.3, -0.25) is 9.59 Å². The highest BCUT2D eigenvalue weighted by molar-refractivity contribution is 7.09. The molecule has 1 aliphatic carbocycles. The van der Waals surface area contributed by atoms with Crippen LogP contribution in [0.4, 0.5) is 0 Å². The van der Waals surface area contributed by atoms with Crippen molar-refractivity contribution in [1.29, 1.82) is 0 Å². The van der Waals surface area contributed by atoms with Gasteiger partial charge in [0, 0.05) is 11.4 Å². The number of hydrogen-bond donors (Lipinski definition) is 1. The summed E-state index contributed by atoms with van der Waals surface area (Å²) in [4.78, 5) is 28.5. The fraction of sp³-hybridized carbons (Fsp3) is 0.625. The molecule has 0 bridgehead atoms. The van der Waals surface area contributed by atoms with Crippen molar-refractivity contribution in [2.24, 2.45) is 5.92 Å². The molecule has 114 valence electrons. The number of hydrogen-bond acceptors (Lipinski definition) is 3. The largest absolute Gasteiger partial charge is 0.340 e. The van der Waals surface area contributed by atoms with Gasteiger partial charge in [-0.25, -0.2) is 0 Å². The van der Waals surface area contributed by atoms with Crippen LogP contribution >= 0.6 is 11.3 Å². The number of piperazine rings is 1. The molecular weight excluding hydrogens is 284 g/mol. The maximum Gasteiger partial charge on any atom is 0.248 e. The highest BCUT2D eigenvalue weighted by atomic mass is 32.1. The van der Waals surface area contributed by atoms with E-state index in [1.165, 1.54) is 4.88 Å². The van der Waals surface area contributed by atoms with E-state index in [2.05, 4.69) is 11.4 Å². The second-order valence-corrected chi connectivity index (χ2v) is 7.82. The number of nitrogens with one attached hydrogen (secondary N) is 1. The molecule has 1 aliphatic heterocycles. The molecule has 2 amide bonds. The first-order valence-electron chi connectivity index (χ1n) is 7.53. The predicted octanol–water partition coefficient (Wildman–Crippen LogP) is 2.20. The van der Waals surface area contributed by atoms with Crippen molar-refractivity contribution < 1.29 is 9.59 Å². The Bertz CT molecular complexity index is 563. The second kappa shape index (κ2) is 4.83. The van der Waals surface area contributed by atoms with Crippen LogP contribution in [0.25, 0.3) is 0 Å². The molecule has 1 aromatic rings. The Labute approximate surface area is 129 Å². The van der Waals surface area contributed by atoms with E-state index < -0.39 is 11.1 Å². The number of rotatable bonds is 4. The van der Waals surface area contributed by atoms with Gasteiger partial charge in [0.25, 0.3) is 0 Å². The normalized spacial score (nSPS) is 28.6. The lowest BCUT2D eigenvalue weighted by Crippen LogP contribution is -2.74. The van der Waals surface area contributed by atoms with E-state index in [4.69, 9.17) is 0 Å². The molecular formula is C16H22N2O2S. The third-order valence-electron chi connectivity index (χ3n) is 4.76. The van der Waals surface area contributed by atoms with Gasteiger partial charge in [-0.2, -0.15) is 0 Å². The number of carbonyl (C=O) groups is 2. The van der Waals surface area contributed by atoms with Gasteiger partial charge in [0.15, 0.2) is 0 Å². The quantitative estimate of drug-likeness (QED) is 0.927. The zero-order valence-corrected chi connectivity index (χ0v) is 13.6. The Kier molecular flexibility index (Phi) is 3.35. The predicted molar refractivity (Wildman–Crippen MR) is 83.1 cm³/mol. The van der Waals surface area contributed by atoms with Crippen molar-refractivity contribution in [1.82, 2.24) is 10.2 Å². The molecule has 0 aromatic carbocycles. The van der Waals surface area contributed by atoms with E-state index in [0.29, 0.717) is 12.5 Å².